The van der Waals surface area contributed by atoms with Crippen molar-refractivity contribution in [2.75, 3.05) is 0 Å². The van der Waals surface area contributed by atoms with Crippen LogP contribution in [0.15, 0.2) is 71.4 Å². The molecule has 1 N–H and O–H groups in total. The fourth-order valence-electron chi connectivity index (χ4n) is 2.68. The Bertz CT molecular complexity index is 888. The van der Waals surface area contributed by atoms with Gasteiger partial charge in [-0.15, -0.1) is 0 Å². The van der Waals surface area contributed by atoms with Gasteiger partial charge in [-0.1, -0.05) is 36.4 Å². The fourth-order valence-corrected chi connectivity index (χ4v) is 2.68. The van der Waals surface area contributed by atoms with Crippen molar-refractivity contribution in [3.05, 3.63) is 78.3 Å². The summed E-state index contributed by atoms with van der Waals surface area (Å²) >= 11 is 0. The lowest BCUT2D eigenvalue weighted by Crippen LogP contribution is -1.99. The van der Waals surface area contributed by atoms with Crippen LogP contribution in [0.1, 0.15) is 17.4 Å². The Morgan fingerprint density at radius 3 is 2.71 bits per heavy atom. The maximum absolute atomic E-state index is 10.7. The van der Waals surface area contributed by atoms with Gasteiger partial charge in [0.25, 0.3) is 0 Å². The summed E-state index contributed by atoms with van der Waals surface area (Å²) in [5.41, 5.74) is 1.61. The largest absolute Gasteiger partial charge is 0.458 e. The van der Waals surface area contributed by atoms with Crippen molar-refractivity contribution >= 4 is 21.7 Å². The van der Waals surface area contributed by atoms with E-state index in [4.69, 9.17) is 4.42 Å². The molecule has 0 bridgehead atoms. The lowest BCUT2D eigenvalue weighted by Gasteiger charge is -2.11. The van der Waals surface area contributed by atoms with Gasteiger partial charge in [-0.2, -0.15) is 0 Å². The van der Waals surface area contributed by atoms with Crippen molar-refractivity contribution in [1.29, 1.82) is 0 Å². The molecular formula is C18H13NO2. The topological polar surface area (TPSA) is 46.3 Å². The van der Waals surface area contributed by atoms with Crippen LogP contribution in [0.25, 0.3) is 21.7 Å². The van der Waals surface area contributed by atoms with Crippen molar-refractivity contribution in [2.24, 2.45) is 0 Å². The summed E-state index contributed by atoms with van der Waals surface area (Å²) in [7, 11) is 0. The average molecular weight is 275 g/mol. The number of rotatable bonds is 2. The molecule has 1 unspecified atom stereocenters. The van der Waals surface area contributed by atoms with Crippen LogP contribution in [0.5, 0.6) is 0 Å². The van der Waals surface area contributed by atoms with E-state index in [2.05, 4.69) is 4.98 Å². The van der Waals surface area contributed by atoms with Crippen LogP contribution in [-0.2, 0) is 0 Å². The van der Waals surface area contributed by atoms with Gasteiger partial charge < -0.3 is 9.52 Å². The molecule has 4 rings (SSSR count). The van der Waals surface area contributed by atoms with Crippen molar-refractivity contribution < 1.29 is 9.52 Å². The minimum atomic E-state index is -0.788. The number of aromatic nitrogens is 1. The molecular weight excluding hydrogens is 262 g/mol. The maximum Gasteiger partial charge on any atom is 0.138 e. The summed E-state index contributed by atoms with van der Waals surface area (Å²) in [5, 5.41) is 13.7. The lowest BCUT2D eigenvalue weighted by atomic mass is 10.0. The quantitative estimate of drug-likeness (QED) is 0.600. The standard InChI is InChI=1S/C18H13NO2/c20-18(17-10-12-4-1-2-7-16(12)21-17)15-6-3-5-13-11-19-9-8-14(13)15/h1-11,18,20H. The number of para-hydroxylation sites is 1. The molecule has 0 saturated carbocycles. The molecule has 0 aliphatic rings. The van der Waals surface area contributed by atoms with E-state index in [1.54, 1.807) is 12.4 Å². The van der Waals surface area contributed by atoms with E-state index < -0.39 is 6.10 Å². The third-order valence-corrected chi connectivity index (χ3v) is 3.72. The van der Waals surface area contributed by atoms with Gasteiger partial charge in [0.1, 0.15) is 17.4 Å². The Labute approximate surface area is 121 Å². The van der Waals surface area contributed by atoms with E-state index >= 15 is 0 Å². The molecule has 4 aromatic rings. The van der Waals surface area contributed by atoms with Gasteiger partial charge >= 0.3 is 0 Å². The highest BCUT2D eigenvalue weighted by Crippen LogP contribution is 2.31. The number of aliphatic hydroxyl groups excluding tert-OH is 1. The fraction of sp³-hybridized carbons (Fsp3) is 0.0556. The zero-order valence-corrected chi connectivity index (χ0v) is 11.2. The summed E-state index contributed by atoms with van der Waals surface area (Å²) < 4.78 is 5.77. The first-order valence-electron chi connectivity index (χ1n) is 6.82. The van der Waals surface area contributed by atoms with E-state index in [-0.39, 0.29) is 0 Å². The molecule has 2 aromatic carbocycles. The van der Waals surface area contributed by atoms with E-state index in [1.165, 1.54) is 0 Å². The van der Waals surface area contributed by atoms with Gasteiger partial charge in [0.15, 0.2) is 0 Å². The van der Waals surface area contributed by atoms with Crippen molar-refractivity contribution in [1.82, 2.24) is 4.98 Å². The SMILES string of the molecule is OC(c1cc2ccccc2o1)c1cccc2cnccc12. The zero-order valence-electron chi connectivity index (χ0n) is 11.2. The van der Waals surface area contributed by atoms with E-state index in [0.717, 1.165) is 27.3 Å². The molecule has 0 aliphatic carbocycles. The van der Waals surface area contributed by atoms with E-state index in [1.807, 2.05) is 54.6 Å². The summed E-state index contributed by atoms with van der Waals surface area (Å²) in [5.74, 6) is 0.556. The summed E-state index contributed by atoms with van der Waals surface area (Å²) in [4.78, 5) is 4.12. The van der Waals surface area contributed by atoms with Gasteiger partial charge in [0.05, 0.1) is 0 Å². The Morgan fingerprint density at radius 2 is 1.81 bits per heavy atom. The first-order chi connectivity index (χ1) is 10.3. The minimum Gasteiger partial charge on any atom is -0.458 e. The Kier molecular flexibility index (Phi) is 2.72. The molecule has 0 aliphatic heterocycles. The molecule has 3 nitrogen and oxygen atoms in total. The smallest absolute Gasteiger partial charge is 0.138 e. The summed E-state index contributed by atoms with van der Waals surface area (Å²) in [6.45, 7) is 0. The molecule has 0 radical (unpaired) electrons. The molecule has 2 aromatic heterocycles. The van der Waals surface area contributed by atoms with Gasteiger partial charge in [-0.05, 0) is 29.1 Å². The number of pyridine rings is 1. The Balaban J connectivity index is 1.87. The maximum atomic E-state index is 10.7. The van der Waals surface area contributed by atoms with Crippen LogP contribution in [0.2, 0.25) is 0 Å². The molecule has 0 amide bonds. The highest BCUT2D eigenvalue weighted by molar-refractivity contribution is 5.85. The first-order valence-corrected chi connectivity index (χ1v) is 6.82. The molecule has 3 heteroatoms. The second-order valence-corrected chi connectivity index (χ2v) is 5.03. The van der Waals surface area contributed by atoms with Crippen LogP contribution in [0.3, 0.4) is 0 Å². The van der Waals surface area contributed by atoms with Crippen molar-refractivity contribution in [2.45, 2.75) is 6.10 Å². The van der Waals surface area contributed by atoms with Crippen LogP contribution in [0.4, 0.5) is 0 Å². The number of hydrogen-bond acceptors (Lipinski definition) is 3. The highest BCUT2D eigenvalue weighted by atomic mass is 16.4. The summed E-state index contributed by atoms with van der Waals surface area (Å²) in [6.07, 6.45) is 2.74. The molecule has 0 spiro atoms. The number of fused-ring (bicyclic) bond motifs is 2. The highest BCUT2D eigenvalue weighted by Gasteiger charge is 2.17. The third kappa shape index (κ3) is 1.99. The van der Waals surface area contributed by atoms with Crippen molar-refractivity contribution in [3.63, 3.8) is 0 Å². The second-order valence-electron chi connectivity index (χ2n) is 5.03. The van der Waals surface area contributed by atoms with Gasteiger partial charge in [-0.25, -0.2) is 0 Å². The summed E-state index contributed by atoms with van der Waals surface area (Å²) in [6, 6.07) is 17.4. The van der Waals surface area contributed by atoms with Crippen LogP contribution in [0, 0.1) is 0 Å². The first kappa shape index (κ1) is 12.1. The lowest BCUT2D eigenvalue weighted by molar-refractivity contribution is 0.194. The van der Waals surface area contributed by atoms with Crippen LogP contribution >= 0.6 is 0 Å². The molecule has 102 valence electrons. The average Bonchev–Trinajstić information content (AvgIpc) is 2.97. The molecule has 2 heterocycles. The van der Waals surface area contributed by atoms with E-state index in [0.29, 0.717) is 5.76 Å². The number of benzene rings is 2. The number of aliphatic hydroxyl groups is 1. The third-order valence-electron chi connectivity index (χ3n) is 3.72. The van der Waals surface area contributed by atoms with Gasteiger partial charge in [0, 0.05) is 23.2 Å². The number of hydrogen-bond donors (Lipinski definition) is 1. The molecule has 1 atom stereocenters. The van der Waals surface area contributed by atoms with Gasteiger partial charge in [0.2, 0.25) is 0 Å². The monoisotopic (exact) mass is 275 g/mol. The van der Waals surface area contributed by atoms with Crippen LogP contribution in [-0.4, -0.2) is 10.1 Å². The predicted octanol–water partition coefficient (Wildman–Crippen LogP) is 4.06. The number of nitrogens with zero attached hydrogens (tertiary/aromatic N) is 1. The molecule has 0 fully saturated rings. The second kappa shape index (κ2) is 4.72. The zero-order chi connectivity index (χ0) is 14.2. The normalized spacial score (nSPS) is 12.8. The Hall–Kier alpha value is -2.65. The predicted molar refractivity (Wildman–Crippen MR) is 82.0 cm³/mol. The van der Waals surface area contributed by atoms with Crippen LogP contribution < -0.4 is 0 Å². The minimum absolute atomic E-state index is 0.556. The number of furan rings is 1. The molecule has 0 saturated heterocycles. The van der Waals surface area contributed by atoms with Crippen molar-refractivity contribution in [3.8, 4) is 0 Å². The van der Waals surface area contributed by atoms with Gasteiger partial charge in [-0.3, -0.25) is 4.98 Å². The van der Waals surface area contributed by atoms with E-state index in [9.17, 15) is 5.11 Å². The molecule has 21 heavy (non-hydrogen) atoms. The Morgan fingerprint density at radius 1 is 0.952 bits per heavy atom.